The average Bonchev–Trinajstić information content (AvgIpc) is 2.80. The van der Waals surface area contributed by atoms with E-state index in [4.69, 9.17) is 21.1 Å². The SMILES string of the molecule is O=C(Cc1cc(Cl)c2c(c1)OCCO2)N1CCN(Cc2cccc3cccnc23)CC1. The second-order valence-corrected chi connectivity index (χ2v) is 8.33. The van der Waals surface area contributed by atoms with Crippen LogP contribution in [0.1, 0.15) is 11.1 Å². The summed E-state index contributed by atoms with van der Waals surface area (Å²) in [6, 6.07) is 14.0. The number of hydrogen-bond donors (Lipinski definition) is 0. The molecular weight excluding hydrogens is 414 g/mol. The number of rotatable bonds is 4. The molecule has 0 aliphatic carbocycles. The van der Waals surface area contributed by atoms with Crippen LogP contribution < -0.4 is 9.47 Å². The van der Waals surface area contributed by atoms with E-state index in [0.29, 0.717) is 36.2 Å². The van der Waals surface area contributed by atoms with E-state index in [0.717, 1.165) is 49.2 Å². The quantitative estimate of drug-likeness (QED) is 0.624. The number of aromatic nitrogens is 1. The van der Waals surface area contributed by atoms with E-state index < -0.39 is 0 Å². The number of piperazine rings is 1. The highest BCUT2D eigenvalue weighted by atomic mass is 35.5. The van der Waals surface area contributed by atoms with Gasteiger partial charge in [0, 0.05) is 44.3 Å². The number of amides is 1. The van der Waals surface area contributed by atoms with E-state index in [9.17, 15) is 4.79 Å². The zero-order valence-electron chi connectivity index (χ0n) is 17.2. The fourth-order valence-electron chi connectivity index (χ4n) is 4.24. The summed E-state index contributed by atoms with van der Waals surface area (Å²) in [4.78, 5) is 21.7. The first kappa shape index (κ1) is 20.1. The zero-order valence-corrected chi connectivity index (χ0v) is 18.0. The lowest BCUT2D eigenvalue weighted by Gasteiger charge is -2.35. The van der Waals surface area contributed by atoms with Crippen molar-refractivity contribution in [3.8, 4) is 11.5 Å². The van der Waals surface area contributed by atoms with Gasteiger partial charge in [0.15, 0.2) is 11.5 Å². The predicted octanol–water partition coefficient (Wildman–Crippen LogP) is 3.55. The van der Waals surface area contributed by atoms with Gasteiger partial charge >= 0.3 is 0 Å². The van der Waals surface area contributed by atoms with Crippen LogP contribution in [0.3, 0.4) is 0 Å². The second kappa shape index (κ2) is 8.73. The van der Waals surface area contributed by atoms with Gasteiger partial charge in [-0.15, -0.1) is 0 Å². The van der Waals surface area contributed by atoms with E-state index in [1.807, 2.05) is 23.2 Å². The largest absolute Gasteiger partial charge is 0.486 e. The third kappa shape index (κ3) is 4.31. The highest BCUT2D eigenvalue weighted by Crippen LogP contribution is 2.38. The molecule has 160 valence electrons. The smallest absolute Gasteiger partial charge is 0.227 e. The van der Waals surface area contributed by atoms with E-state index in [2.05, 4.69) is 34.1 Å². The van der Waals surface area contributed by atoms with Crippen molar-refractivity contribution in [2.75, 3.05) is 39.4 Å². The molecule has 1 aromatic heterocycles. The van der Waals surface area contributed by atoms with Crippen LogP contribution in [0.5, 0.6) is 11.5 Å². The first-order valence-electron chi connectivity index (χ1n) is 10.6. The summed E-state index contributed by atoms with van der Waals surface area (Å²) in [5.74, 6) is 1.30. The predicted molar refractivity (Wildman–Crippen MR) is 120 cm³/mol. The Morgan fingerprint density at radius 1 is 1.03 bits per heavy atom. The summed E-state index contributed by atoms with van der Waals surface area (Å²) in [7, 11) is 0. The van der Waals surface area contributed by atoms with Crippen molar-refractivity contribution >= 4 is 28.4 Å². The molecule has 0 N–H and O–H groups in total. The Bertz CT molecular complexity index is 1110. The molecule has 5 rings (SSSR count). The van der Waals surface area contributed by atoms with Gasteiger partial charge in [-0.2, -0.15) is 0 Å². The lowest BCUT2D eigenvalue weighted by Crippen LogP contribution is -2.48. The summed E-state index contributed by atoms with van der Waals surface area (Å²) < 4.78 is 11.2. The van der Waals surface area contributed by atoms with E-state index in [1.54, 1.807) is 6.07 Å². The molecule has 0 unspecified atom stereocenters. The number of fused-ring (bicyclic) bond motifs is 2. The number of halogens is 1. The molecule has 0 radical (unpaired) electrons. The van der Waals surface area contributed by atoms with Crippen molar-refractivity contribution in [3.05, 3.63) is 64.8 Å². The number of para-hydroxylation sites is 1. The van der Waals surface area contributed by atoms with E-state index in [-0.39, 0.29) is 5.91 Å². The van der Waals surface area contributed by atoms with Crippen LogP contribution in [0.25, 0.3) is 10.9 Å². The van der Waals surface area contributed by atoms with Crippen molar-refractivity contribution in [3.63, 3.8) is 0 Å². The molecule has 2 aliphatic rings. The van der Waals surface area contributed by atoms with Gasteiger partial charge in [-0.1, -0.05) is 35.9 Å². The normalized spacial score (nSPS) is 16.5. The topological polar surface area (TPSA) is 54.9 Å². The highest BCUT2D eigenvalue weighted by Gasteiger charge is 2.23. The van der Waals surface area contributed by atoms with Crippen LogP contribution in [-0.2, 0) is 17.8 Å². The number of carbonyl (C=O) groups is 1. The van der Waals surface area contributed by atoms with E-state index >= 15 is 0 Å². The Balaban J connectivity index is 1.20. The molecule has 3 heterocycles. The number of ether oxygens (including phenoxy) is 2. The van der Waals surface area contributed by atoms with E-state index in [1.165, 1.54) is 5.56 Å². The molecule has 1 saturated heterocycles. The van der Waals surface area contributed by atoms with Crippen LogP contribution in [0, 0.1) is 0 Å². The van der Waals surface area contributed by atoms with Gasteiger partial charge in [-0.3, -0.25) is 14.7 Å². The number of pyridine rings is 1. The molecule has 7 heteroatoms. The average molecular weight is 438 g/mol. The molecule has 0 saturated carbocycles. The van der Waals surface area contributed by atoms with Gasteiger partial charge in [0.05, 0.1) is 17.0 Å². The first-order chi connectivity index (χ1) is 15.2. The number of hydrogen-bond acceptors (Lipinski definition) is 5. The van der Waals surface area contributed by atoms with Crippen LogP contribution in [-0.4, -0.2) is 60.1 Å². The fourth-order valence-corrected chi connectivity index (χ4v) is 4.53. The maximum absolute atomic E-state index is 12.9. The molecule has 31 heavy (non-hydrogen) atoms. The van der Waals surface area contributed by atoms with Crippen molar-refractivity contribution in [2.24, 2.45) is 0 Å². The monoisotopic (exact) mass is 437 g/mol. The minimum atomic E-state index is 0.110. The van der Waals surface area contributed by atoms with Crippen molar-refractivity contribution in [1.82, 2.24) is 14.8 Å². The molecule has 0 spiro atoms. The van der Waals surface area contributed by atoms with Crippen molar-refractivity contribution in [1.29, 1.82) is 0 Å². The third-order valence-corrected chi connectivity index (χ3v) is 6.13. The lowest BCUT2D eigenvalue weighted by atomic mass is 10.1. The number of benzene rings is 2. The highest BCUT2D eigenvalue weighted by molar-refractivity contribution is 6.32. The van der Waals surface area contributed by atoms with Crippen LogP contribution >= 0.6 is 11.6 Å². The maximum Gasteiger partial charge on any atom is 0.227 e. The molecule has 2 aliphatic heterocycles. The Morgan fingerprint density at radius 3 is 2.71 bits per heavy atom. The Morgan fingerprint density at radius 2 is 1.84 bits per heavy atom. The number of carbonyl (C=O) groups excluding carboxylic acids is 1. The third-order valence-electron chi connectivity index (χ3n) is 5.85. The molecule has 3 aromatic rings. The van der Waals surface area contributed by atoms with Gasteiger partial charge in [0.25, 0.3) is 0 Å². The molecular formula is C24H24ClN3O3. The Kier molecular flexibility index (Phi) is 5.66. The summed E-state index contributed by atoms with van der Waals surface area (Å²) in [5.41, 5.74) is 3.13. The summed E-state index contributed by atoms with van der Waals surface area (Å²) in [6.45, 7) is 4.95. The van der Waals surface area contributed by atoms with Gasteiger partial charge in [-0.25, -0.2) is 0 Å². The molecule has 0 bridgehead atoms. The standard InChI is InChI=1S/C24H24ClN3O3/c25-20-13-17(14-21-24(20)31-12-11-30-21)15-22(29)28-9-7-27(8-10-28)16-19-4-1-3-18-5-2-6-26-23(18)19/h1-6,13-14H,7-12,15-16H2. The Hall–Kier alpha value is -2.83. The minimum Gasteiger partial charge on any atom is -0.486 e. The van der Waals surface area contributed by atoms with Crippen molar-refractivity contribution in [2.45, 2.75) is 13.0 Å². The lowest BCUT2D eigenvalue weighted by molar-refractivity contribution is -0.132. The van der Waals surface area contributed by atoms with Crippen LogP contribution in [0.4, 0.5) is 0 Å². The van der Waals surface area contributed by atoms with Gasteiger partial charge in [0.1, 0.15) is 13.2 Å². The maximum atomic E-state index is 12.9. The molecule has 2 aromatic carbocycles. The molecule has 6 nitrogen and oxygen atoms in total. The van der Waals surface area contributed by atoms with Crippen LogP contribution in [0.2, 0.25) is 5.02 Å². The molecule has 1 fully saturated rings. The fraction of sp³-hybridized carbons (Fsp3) is 0.333. The summed E-state index contributed by atoms with van der Waals surface area (Å²) >= 11 is 6.31. The number of nitrogens with zero attached hydrogens (tertiary/aromatic N) is 3. The second-order valence-electron chi connectivity index (χ2n) is 7.93. The Labute approximate surface area is 186 Å². The van der Waals surface area contributed by atoms with Gasteiger partial charge < -0.3 is 14.4 Å². The van der Waals surface area contributed by atoms with Crippen LogP contribution in [0.15, 0.2) is 48.7 Å². The summed E-state index contributed by atoms with van der Waals surface area (Å²) in [6.07, 6.45) is 2.15. The summed E-state index contributed by atoms with van der Waals surface area (Å²) in [5, 5.41) is 1.65. The van der Waals surface area contributed by atoms with Gasteiger partial charge in [-0.05, 0) is 29.3 Å². The minimum absolute atomic E-state index is 0.110. The first-order valence-corrected chi connectivity index (χ1v) is 11.0. The molecule has 1 amide bonds. The van der Waals surface area contributed by atoms with Gasteiger partial charge in [0.2, 0.25) is 5.91 Å². The van der Waals surface area contributed by atoms with Crippen molar-refractivity contribution < 1.29 is 14.3 Å². The zero-order chi connectivity index (χ0) is 21.2. The molecule has 0 atom stereocenters.